The summed E-state index contributed by atoms with van der Waals surface area (Å²) >= 11 is 0. The van der Waals surface area contributed by atoms with Crippen molar-refractivity contribution in [1.82, 2.24) is 0 Å². The van der Waals surface area contributed by atoms with E-state index >= 15 is 0 Å². The Labute approximate surface area is 94.6 Å². The van der Waals surface area contributed by atoms with E-state index in [1.165, 1.54) is 0 Å². The number of piperidine rings is 1. The monoisotopic (exact) mass is 220 g/mol. The number of nitrogens with zero attached hydrogens (tertiary/aromatic N) is 1. The number of aliphatic hydroxyl groups is 1. The lowest BCUT2D eigenvalue weighted by atomic mass is 9.98. The van der Waals surface area contributed by atoms with E-state index in [9.17, 15) is 5.11 Å². The fourth-order valence-corrected chi connectivity index (χ4v) is 2.62. The third-order valence-corrected chi connectivity index (χ3v) is 3.41. The van der Waals surface area contributed by atoms with Crippen molar-refractivity contribution in [3.8, 4) is 5.75 Å². The van der Waals surface area contributed by atoms with Gasteiger partial charge in [-0.1, -0.05) is 0 Å². The first-order chi connectivity index (χ1) is 7.75. The summed E-state index contributed by atoms with van der Waals surface area (Å²) in [5.74, 6) is 0.789. The van der Waals surface area contributed by atoms with E-state index in [1.807, 2.05) is 18.2 Å². The van der Waals surface area contributed by atoms with Gasteiger partial charge >= 0.3 is 0 Å². The van der Waals surface area contributed by atoms with Gasteiger partial charge in [-0.15, -0.1) is 0 Å². The summed E-state index contributed by atoms with van der Waals surface area (Å²) < 4.78 is 5.69. The summed E-state index contributed by atoms with van der Waals surface area (Å²) in [4.78, 5) is 2.07. The van der Waals surface area contributed by atoms with Gasteiger partial charge in [0.15, 0.2) is 0 Å². The summed E-state index contributed by atoms with van der Waals surface area (Å²) in [5.41, 5.74) is 7.39. The fourth-order valence-electron chi connectivity index (χ4n) is 2.62. The number of hydrogen-bond acceptors (Lipinski definition) is 4. The predicted octanol–water partition coefficient (Wildman–Crippen LogP) is 1.34. The van der Waals surface area contributed by atoms with Crippen LogP contribution < -0.4 is 15.4 Å². The van der Waals surface area contributed by atoms with Crippen molar-refractivity contribution >= 4 is 11.4 Å². The summed E-state index contributed by atoms with van der Waals surface area (Å²) in [6.07, 6.45) is 2.60. The van der Waals surface area contributed by atoms with Crippen molar-refractivity contribution in [2.24, 2.45) is 0 Å². The van der Waals surface area contributed by atoms with Crippen LogP contribution in [0.3, 0.4) is 0 Å². The molecule has 1 aromatic carbocycles. The molecular formula is C12H16N2O2. The molecule has 0 bridgehead atoms. The zero-order valence-electron chi connectivity index (χ0n) is 9.10. The minimum Gasteiger partial charge on any atom is -0.489 e. The lowest BCUT2D eigenvalue weighted by Gasteiger charge is -2.44. The van der Waals surface area contributed by atoms with E-state index in [1.54, 1.807) is 0 Å². The van der Waals surface area contributed by atoms with Crippen LogP contribution in [0.1, 0.15) is 19.3 Å². The first-order valence-corrected chi connectivity index (χ1v) is 5.74. The average molecular weight is 220 g/mol. The Morgan fingerprint density at radius 2 is 2.25 bits per heavy atom. The van der Waals surface area contributed by atoms with Crippen LogP contribution in [0.5, 0.6) is 5.75 Å². The van der Waals surface area contributed by atoms with Crippen molar-refractivity contribution in [3.63, 3.8) is 0 Å². The van der Waals surface area contributed by atoms with Crippen molar-refractivity contribution in [1.29, 1.82) is 0 Å². The van der Waals surface area contributed by atoms with E-state index < -0.39 is 0 Å². The Bertz CT molecular complexity index is 408. The molecule has 4 nitrogen and oxygen atoms in total. The second kappa shape index (κ2) is 3.56. The molecule has 0 radical (unpaired) electrons. The molecule has 0 aliphatic carbocycles. The first kappa shape index (κ1) is 9.78. The number of nitrogens with two attached hydrogens (primary N) is 1. The smallest absolute Gasteiger partial charge is 0.144 e. The quantitative estimate of drug-likeness (QED) is 0.648. The van der Waals surface area contributed by atoms with Gasteiger partial charge in [0, 0.05) is 11.8 Å². The Hall–Kier alpha value is -1.42. The van der Waals surface area contributed by atoms with Crippen molar-refractivity contribution in [3.05, 3.63) is 18.2 Å². The molecule has 1 aromatic rings. The summed E-state index contributed by atoms with van der Waals surface area (Å²) in [7, 11) is 0. The Balaban J connectivity index is 2.02. The van der Waals surface area contributed by atoms with Gasteiger partial charge in [0.1, 0.15) is 18.6 Å². The van der Waals surface area contributed by atoms with Crippen LogP contribution in [0, 0.1) is 0 Å². The number of ether oxygens (including phenoxy) is 1. The van der Waals surface area contributed by atoms with Crippen LogP contribution in [0.25, 0.3) is 0 Å². The highest BCUT2D eigenvalue weighted by atomic mass is 16.5. The van der Waals surface area contributed by atoms with Gasteiger partial charge in [-0.3, -0.25) is 0 Å². The highest BCUT2D eigenvalue weighted by Crippen LogP contribution is 2.39. The molecule has 2 unspecified atom stereocenters. The number of benzene rings is 1. The lowest BCUT2D eigenvalue weighted by Crippen LogP contribution is -2.51. The van der Waals surface area contributed by atoms with Crippen LogP contribution in [-0.4, -0.2) is 24.0 Å². The van der Waals surface area contributed by atoms with Crippen LogP contribution in [0.15, 0.2) is 18.2 Å². The van der Waals surface area contributed by atoms with E-state index in [0.29, 0.717) is 18.3 Å². The molecule has 3 N–H and O–H groups in total. The van der Waals surface area contributed by atoms with Gasteiger partial charge < -0.3 is 20.5 Å². The maximum absolute atomic E-state index is 10.1. The molecular weight excluding hydrogens is 204 g/mol. The van der Waals surface area contributed by atoms with Crippen LogP contribution in [0.2, 0.25) is 0 Å². The number of rotatable bonds is 0. The number of aliphatic hydroxyl groups excluding tert-OH is 1. The maximum Gasteiger partial charge on any atom is 0.144 e. The zero-order valence-corrected chi connectivity index (χ0v) is 9.10. The molecule has 1 fully saturated rings. The minimum atomic E-state index is -0.384. The molecule has 2 aliphatic rings. The fraction of sp³-hybridized carbons (Fsp3) is 0.500. The molecule has 0 saturated carbocycles. The number of nitrogen functional groups attached to an aromatic ring is 1. The van der Waals surface area contributed by atoms with E-state index in [0.717, 1.165) is 30.7 Å². The lowest BCUT2D eigenvalue weighted by molar-refractivity contribution is 0.0979. The molecule has 2 atom stereocenters. The van der Waals surface area contributed by atoms with Gasteiger partial charge in [-0.25, -0.2) is 0 Å². The summed E-state index contributed by atoms with van der Waals surface area (Å²) in [5, 5.41) is 10.1. The van der Waals surface area contributed by atoms with Crippen LogP contribution in [-0.2, 0) is 0 Å². The molecule has 0 amide bonds. The first-order valence-electron chi connectivity index (χ1n) is 5.74. The van der Waals surface area contributed by atoms with E-state index in [2.05, 4.69) is 4.90 Å². The molecule has 2 heterocycles. The molecule has 3 rings (SSSR count). The normalized spacial score (nSPS) is 27.9. The molecule has 16 heavy (non-hydrogen) atoms. The van der Waals surface area contributed by atoms with Crippen molar-refractivity contribution in [2.75, 3.05) is 17.2 Å². The second-order valence-corrected chi connectivity index (χ2v) is 4.51. The molecule has 86 valence electrons. The summed E-state index contributed by atoms with van der Waals surface area (Å²) in [6.45, 7) is 0.646. The van der Waals surface area contributed by atoms with Gasteiger partial charge in [0.25, 0.3) is 0 Å². The van der Waals surface area contributed by atoms with Gasteiger partial charge in [0.05, 0.1) is 11.7 Å². The summed E-state index contributed by atoms with van der Waals surface area (Å²) in [6, 6.07) is 5.92. The topological polar surface area (TPSA) is 58.7 Å². The van der Waals surface area contributed by atoms with E-state index in [4.69, 9.17) is 10.5 Å². The minimum absolute atomic E-state index is 0.305. The van der Waals surface area contributed by atoms with E-state index in [-0.39, 0.29) is 6.23 Å². The zero-order chi connectivity index (χ0) is 11.1. The third kappa shape index (κ3) is 1.41. The Morgan fingerprint density at radius 1 is 1.38 bits per heavy atom. The number of fused-ring (bicyclic) bond motifs is 3. The molecule has 0 aromatic heterocycles. The van der Waals surface area contributed by atoms with Gasteiger partial charge in [0.2, 0.25) is 0 Å². The van der Waals surface area contributed by atoms with Gasteiger partial charge in [-0.2, -0.15) is 0 Å². The highest BCUT2D eigenvalue weighted by Gasteiger charge is 2.34. The average Bonchev–Trinajstić information content (AvgIpc) is 2.29. The van der Waals surface area contributed by atoms with Crippen LogP contribution >= 0.6 is 0 Å². The third-order valence-electron chi connectivity index (χ3n) is 3.41. The van der Waals surface area contributed by atoms with Gasteiger partial charge in [-0.05, 0) is 31.4 Å². The highest BCUT2D eigenvalue weighted by molar-refractivity contribution is 5.66. The molecule has 2 aliphatic heterocycles. The standard InChI is InChI=1S/C12H16N2O2/c13-8-4-5-10-11(6-8)16-7-9-2-1-3-12(15)14(9)10/h4-6,9,12,15H,1-3,7,13H2. The largest absolute Gasteiger partial charge is 0.489 e. The Morgan fingerprint density at radius 3 is 3.12 bits per heavy atom. The Kier molecular flexibility index (Phi) is 2.17. The van der Waals surface area contributed by atoms with Crippen LogP contribution in [0.4, 0.5) is 11.4 Å². The second-order valence-electron chi connectivity index (χ2n) is 4.51. The molecule has 4 heteroatoms. The molecule has 0 spiro atoms. The van der Waals surface area contributed by atoms with Crippen molar-refractivity contribution in [2.45, 2.75) is 31.5 Å². The maximum atomic E-state index is 10.1. The van der Waals surface area contributed by atoms with Crippen molar-refractivity contribution < 1.29 is 9.84 Å². The number of anilines is 2. The SMILES string of the molecule is Nc1ccc2c(c1)OCC1CCCC(O)N21. The number of hydrogen-bond donors (Lipinski definition) is 2. The predicted molar refractivity (Wildman–Crippen MR) is 62.5 cm³/mol. The molecule has 1 saturated heterocycles.